The van der Waals surface area contributed by atoms with Crippen LogP contribution < -0.4 is 5.32 Å². The maximum atomic E-state index is 6.17. The summed E-state index contributed by atoms with van der Waals surface area (Å²) in [6.45, 7) is 5.73. The molecule has 1 fully saturated rings. The Morgan fingerprint density at radius 1 is 1.32 bits per heavy atom. The summed E-state index contributed by atoms with van der Waals surface area (Å²) in [5.74, 6) is 1.71. The number of halogens is 1. The Bertz CT molecular complexity index is 403. The average molecular weight is 283 g/mol. The topological polar surface area (TPSA) is 34.1 Å². The monoisotopic (exact) mass is 282 g/mol. The Balaban J connectivity index is 1.89. The van der Waals surface area contributed by atoms with Crippen molar-refractivity contribution in [1.29, 1.82) is 0 Å². The first-order valence-electron chi connectivity index (χ1n) is 7.20. The molecule has 1 N–H and O–H groups in total. The zero-order valence-electron chi connectivity index (χ0n) is 11.8. The van der Waals surface area contributed by atoms with Crippen LogP contribution in [0.25, 0.3) is 0 Å². The van der Waals surface area contributed by atoms with Crippen molar-refractivity contribution < 1.29 is 4.74 Å². The van der Waals surface area contributed by atoms with Gasteiger partial charge in [0.2, 0.25) is 0 Å². The highest BCUT2D eigenvalue weighted by Gasteiger charge is 2.19. The van der Waals surface area contributed by atoms with Crippen molar-refractivity contribution in [1.82, 2.24) is 4.98 Å². The molecule has 0 amide bonds. The fourth-order valence-electron chi connectivity index (χ4n) is 2.46. The molecule has 106 valence electrons. The molecule has 3 nitrogen and oxygen atoms in total. The van der Waals surface area contributed by atoms with Gasteiger partial charge in [0.1, 0.15) is 5.82 Å². The Labute approximate surface area is 120 Å². The number of pyridine rings is 1. The molecule has 0 radical (unpaired) electrons. The van der Waals surface area contributed by atoms with Gasteiger partial charge in [-0.2, -0.15) is 0 Å². The fraction of sp³-hybridized carbons (Fsp3) is 0.667. The summed E-state index contributed by atoms with van der Waals surface area (Å²) >= 11 is 6.17. The summed E-state index contributed by atoms with van der Waals surface area (Å²) < 4.78 is 5.96. The highest BCUT2D eigenvalue weighted by Crippen LogP contribution is 2.27. The standard InChI is InChI=1S/C15H23ClN2O/c1-3-17-15-9-8-13(16)14(18-15)10-19-12-6-4-11(2)5-7-12/h8-9,11-12H,3-7,10H2,1-2H3,(H,17,18). The van der Waals surface area contributed by atoms with Crippen LogP contribution in [0.4, 0.5) is 5.82 Å². The summed E-state index contributed by atoms with van der Waals surface area (Å²) in [7, 11) is 0. The van der Waals surface area contributed by atoms with Gasteiger partial charge in [-0.25, -0.2) is 4.98 Å². The van der Waals surface area contributed by atoms with Crippen LogP contribution in [-0.2, 0) is 11.3 Å². The summed E-state index contributed by atoms with van der Waals surface area (Å²) in [5.41, 5.74) is 0.832. The number of aromatic nitrogens is 1. The first-order valence-corrected chi connectivity index (χ1v) is 7.57. The number of ether oxygens (including phenoxy) is 1. The molecule has 0 atom stereocenters. The minimum atomic E-state index is 0.372. The Morgan fingerprint density at radius 2 is 2.05 bits per heavy atom. The zero-order valence-corrected chi connectivity index (χ0v) is 12.5. The van der Waals surface area contributed by atoms with Gasteiger partial charge in [0.05, 0.1) is 23.4 Å². The third-order valence-corrected chi connectivity index (χ3v) is 4.04. The molecule has 0 saturated heterocycles. The summed E-state index contributed by atoms with van der Waals surface area (Å²) in [4.78, 5) is 4.49. The number of hydrogen-bond acceptors (Lipinski definition) is 3. The van der Waals surface area contributed by atoms with Gasteiger partial charge in [-0.1, -0.05) is 18.5 Å². The maximum absolute atomic E-state index is 6.17. The predicted molar refractivity (Wildman–Crippen MR) is 79.6 cm³/mol. The van der Waals surface area contributed by atoms with Crippen molar-refractivity contribution in [2.45, 2.75) is 52.2 Å². The molecule has 0 spiro atoms. The summed E-state index contributed by atoms with van der Waals surface area (Å²) in [6.07, 6.45) is 5.22. The van der Waals surface area contributed by atoms with Gasteiger partial charge in [-0.05, 0) is 50.7 Å². The largest absolute Gasteiger partial charge is 0.372 e. The van der Waals surface area contributed by atoms with Gasteiger partial charge >= 0.3 is 0 Å². The lowest BCUT2D eigenvalue weighted by molar-refractivity contribution is 0.00737. The lowest BCUT2D eigenvalue weighted by Gasteiger charge is -2.26. The highest BCUT2D eigenvalue weighted by atomic mass is 35.5. The quantitative estimate of drug-likeness (QED) is 0.876. The average Bonchev–Trinajstić information content (AvgIpc) is 2.41. The van der Waals surface area contributed by atoms with Gasteiger partial charge in [0, 0.05) is 6.54 Å². The lowest BCUT2D eigenvalue weighted by Crippen LogP contribution is -2.20. The normalized spacial score (nSPS) is 23.3. The third kappa shape index (κ3) is 4.36. The van der Waals surface area contributed by atoms with Crippen LogP contribution in [0.3, 0.4) is 0 Å². The van der Waals surface area contributed by atoms with Crippen LogP contribution in [0.1, 0.15) is 45.2 Å². The zero-order chi connectivity index (χ0) is 13.7. The molecule has 1 saturated carbocycles. The van der Waals surface area contributed by atoms with E-state index in [1.165, 1.54) is 12.8 Å². The van der Waals surface area contributed by atoms with E-state index in [1.807, 2.05) is 12.1 Å². The van der Waals surface area contributed by atoms with Crippen molar-refractivity contribution in [3.63, 3.8) is 0 Å². The minimum Gasteiger partial charge on any atom is -0.372 e. The number of hydrogen-bond donors (Lipinski definition) is 1. The SMILES string of the molecule is CCNc1ccc(Cl)c(COC2CCC(C)CC2)n1. The van der Waals surface area contributed by atoms with Crippen LogP contribution in [0.2, 0.25) is 5.02 Å². The molecule has 1 heterocycles. The van der Waals surface area contributed by atoms with E-state index in [0.717, 1.165) is 36.8 Å². The van der Waals surface area contributed by atoms with E-state index in [4.69, 9.17) is 16.3 Å². The molecule has 0 aromatic carbocycles. The van der Waals surface area contributed by atoms with Gasteiger partial charge in [0.15, 0.2) is 0 Å². The molecule has 1 aromatic rings. The van der Waals surface area contributed by atoms with E-state index in [9.17, 15) is 0 Å². The first-order chi connectivity index (χ1) is 9.19. The Hall–Kier alpha value is -0.800. The number of nitrogens with one attached hydrogen (secondary N) is 1. The number of nitrogens with zero attached hydrogens (tertiary/aromatic N) is 1. The molecule has 4 heteroatoms. The minimum absolute atomic E-state index is 0.372. The van der Waals surface area contributed by atoms with Crippen molar-refractivity contribution in [3.8, 4) is 0 Å². The van der Waals surface area contributed by atoms with Crippen molar-refractivity contribution in [3.05, 3.63) is 22.8 Å². The van der Waals surface area contributed by atoms with E-state index in [0.29, 0.717) is 17.7 Å². The van der Waals surface area contributed by atoms with Crippen LogP contribution in [-0.4, -0.2) is 17.6 Å². The molecular weight excluding hydrogens is 260 g/mol. The van der Waals surface area contributed by atoms with Crippen LogP contribution in [0, 0.1) is 5.92 Å². The van der Waals surface area contributed by atoms with Gasteiger partial charge < -0.3 is 10.1 Å². The molecule has 0 unspecified atom stereocenters. The van der Waals surface area contributed by atoms with E-state index in [1.54, 1.807) is 0 Å². The Kier molecular flexibility index (Phi) is 5.46. The fourth-order valence-corrected chi connectivity index (χ4v) is 2.62. The smallest absolute Gasteiger partial charge is 0.126 e. The van der Waals surface area contributed by atoms with E-state index >= 15 is 0 Å². The van der Waals surface area contributed by atoms with Gasteiger partial charge in [0.25, 0.3) is 0 Å². The van der Waals surface area contributed by atoms with Crippen LogP contribution >= 0.6 is 11.6 Å². The molecule has 19 heavy (non-hydrogen) atoms. The molecule has 1 aromatic heterocycles. The molecule has 1 aliphatic carbocycles. The summed E-state index contributed by atoms with van der Waals surface area (Å²) in [5, 5.41) is 3.88. The van der Waals surface area contributed by atoms with Crippen LogP contribution in [0.5, 0.6) is 0 Å². The highest BCUT2D eigenvalue weighted by molar-refractivity contribution is 6.31. The van der Waals surface area contributed by atoms with Gasteiger partial charge in [-0.15, -0.1) is 0 Å². The van der Waals surface area contributed by atoms with E-state index in [2.05, 4.69) is 24.1 Å². The lowest BCUT2D eigenvalue weighted by atomic mass is 9.89. The predicted octanol–water partition coefficient (Wildman–Crippen LogP) is 4.26. The molecule has 0 bridgehead atoms. The van der Waals surface area contributed by atoms with Crippen LogP contribution in [0.15, 0.2) is 12.1 Å². The molecular formula is C15H23ClN2O. The second kappa shape index (κ2) is 7.11. The molecule has 1 aliphatic rings. The third-order valence-electron chi connectivity index (χ3n) is 3.70. The Morgan fingerprint density at radius 3 is 2.74 bits per heavy atom. The van der Waals surface area contributed by atoms with E-state index < -0.39 is 0 Å². The second-order valence-electron chi connectivity index (χ2n) is 5.35. The van der Waals surface area contributed by atoms with Gasteiger partial charge in [-0.3, -0.25) is 0 Å². The summed E-state index contributed by atoms with van der Waals surface area (Å²) in [6, 6.07) is 3.78. The first kappa shape index (κ1) is 14.6. The van der Waals surface area contributed by atoms with Crippen molar-refractivity contribution >= 4 is 17.4 Å². The number of anilines is 1. The maximum Gasteiger partial charge on any atom is 0.126 e. The second-order valence-corrected chi connectivity index (χ2v) is 5.76. The van der Waals surface area contributed by atoms with Crippen molar-refractivity contribution in [2.24, 2.45) is 5.92 Å². The van der Waals surface area contributed by atoms with E-state index in [-0.39, 0.29) is 0 Å². The molecule has 2 rings (SSSR count). The molecule has 0 aliphatic heterocycles. The number of rotatable bonds is 5. The van der Waals surface area contributed by atoms with Crippen molar-refractivity contribution in [2.75, 3.05) is 11.9 Å².